The van der Waals surface area contributed by atoms with Crippen molar-refractivity contribution >= 4 is 11.8 Å². The third kappa shape index (κ3) is 4.83. The van der Waals surface area contributed by atoms with E-state index in [0.717, 1.165) is 5.56 Å². The van der Waals surface area contributed by atoms with Gasteiger partial charge in [-0.2, -0.15) is 0 Å². The Morgan fingerprint density at radius 1 is 1.30 bits per heavy atom. The van der Waals surface area contributed by atoms with Gasteiger partial charge in [0.1, 0.15) is 12.1 Å². The van der Waals surface area contributed by atoms with E-state index in [0.29, 0.717) is 6.42 Å². The molecule has 122 valence electrons. The Labute approximate surface area is 136 Å². The van der Waals surface area contributed by atoms with Gasteiger partial charge in [-0.05, 0) is 17.9 Å². The van der Waals surface area contributed by atoms with E-state index in [4.69, 9.17) is 11.2 Å². The fourth-order valence-electron chi connectivity index (χ4n) is 2.43. The number of rotatable bonds is 7. The largest absolute Gasteiger partial charge is 0.354 e. The van der Waals surface area contributed by atoms with E-state index in [-0.39, 0.29) is 30.4 Å². The number of amides is 2. The molecule has 1 aromatic rings. The van der Waals surface area contributed by atoms with E-state index < -0.39 is 12.1 Å². The lowest BCUT2D eigenvalue weighted by Crippen LogP contribution is -2.48. The zero-order valence-electron chi connectivity index (χ0n) is 13.4. The highest BCUT2D eigenvalue weighted by Gasteiger charge is 2.46. The van der Waals surface area contributed by atoms with Crippen LogP contribution in [0.1, 0.15) is 31.9 Å². The molecule has 0 bridgehead atoms. The Bertz CT molecular complexity index is 592. The SMILES string of the molecule is C#CCNC(=O)[C@H](CC(C)C)NC(=O)C1OC1c1ccccc1. The van der Waals surface area contributed by atoms with E-state index in [1.807, 2.05) is 44.2 Å². The zero-order chi connectivity index (χ0) is 16.8. The van der Waals surface area contributed by atoms with Gasteiger partial charge in [0.2, 0.25) is 5.91 Å². The molecular formula is C18H22N2O3. The Balaban J connectivity index is 1.93. The van der Waals surface area contributed by atoms with Crippen LogP contribution < -0.4 is 10.6 Å². The van der Waals surface area contributed by atoms with Gasteiger partial charge < -0.3 is 15.4 Å². The molecule has 0 radical (unpaired) electrons. The van der Waals surface area contributed by atoms with Gasteiger partial charge in [0.25, 0.3) is 5.91 Å². The van der Waals surface area contributed by atoms with E-state index in [1.54, 1.807) is 0 Å². The molecule has 1 heterocycles. The van der Waals surface area contributed by atoms with Gasteiger partial charge in [-0.25, -0.2) is 0 Å². The van der Waals surface area contributed by atoms with Crippen LogP contribution in [0, 0.1) is 18.3 Å². The lowest BCUT2D eigenvalue weighted by molar-refractivity contribution is -0.129. The molecule has 0 saturated carbocycles. The minimum atomic E-state index is -0.600. The predicted octanol–water partition coefficient (Wildman–Crippen LogP) is 1.41. The van der Waals surface area contributed by atoms with Crippen molar-refractivity contribution in [1.29, 1.82) is 0 Å². The number of hydrogen-bond acceptors (Lipinski definition) is 3. The molecule has 2 N–H and O–H groups in total. The normalized spacial score (nSPS) is 20.4. The van der Waals surface area contributed by atoms with Crippen LogP contribution in [0.3, 0.4) is 0 Å². The van der Waals surface area contributed by atoms with Crippen molar-refractivity contribution in [3.8, 4) is 12.3 Å². The fraction of sp³-hybridized carbons (Fsp3) is 0.444. The van der Waals surface area contributed by atoms with Crippen LogP contribution in [0.25, 0.3) is 0 Å². The maximum atomic E-state index is 12.3. The molecule has 2 unspecified atom stereocenters. The molecule has 1 fully saturated rings. The van der Waals surface area contributed by atoms with Gasteiger partial charge in [-0.3, -0.25) is 9.59 Å². The second-order valence-corrected chi connectivity index (χ2v) is 6.00. The van der Waals surface area contributed by atoms with Gasteiger partial charge >= 0.3 is 0 Å². The van der Waals surface area contributed by atoms with Gasteiger partial charge in [0.05, 0.1) is 6.54 Å². The monoisotopic (exact) mass is 314 g/mol. The van der Waals surface area contributed by atoms with Crippen molar-refractivity contribution in [2.75, 3.05) is 6.54 Å². The fourth-order valence-corrected chi connectivity index (χ4v) is 2.43. The van der Waals surface area contributed by atoms with Gasteiger partial charge in [0.15, 0.2) is 6.10 Å². The summed E-state index contributed by atoms with van der Waals surface area (Å²) >= 11 is 0. The molecule has 5 heteroatoms. The summed E-state index contributed by atoms with van der Waals surface area (Å²) in [6.45, 7) is 4.14. The lowest BCUT2D eigenvalue weighted by Gasteiger charge is -2.19. The number of terminal acetylenes is 1. The maximum absolute atomic E-state index is 12.3. The van der Waals surface area contributed by atoms with Crippen LogP contribution in [-0.2, 0) is 14.3 Å². The molecular weight excluding hydrogens is 292 g/mol. The molecule has 5 nitrogen and oxygen atoms in total. The Hall–Kier alpha value is -2.32. The van der Waals surface area contributed by atoms with E-state index in [1.165, 1.54) is 0 Å². The molecule has 1 aliphatic rings. The van der Waals surface area contributed by atoms with Gasteiger partial charge in [-0.1, -0.05) is 50.1 Å². The maximum Gasteiger partial charge on any atom is 0.252 e. The quantitative estimate of drug-likeness (QED) is 0.590. The highest BCUT2D eigenvalue weighted by atomic mass is 16.6. The zero-order valence-corrected chi connectivity index (χ0v) is 13.4. The van der Waals surface area contributed by atoms with Crippen LogP contribution >= 0.6 is 0 Å². The topological polar surface area (TPSA) is 70.7 Å². The Morgan fingerprint density at radius 3 is 2.61 bits per heavy atom. The van der Waals surface area contributed by atoms with Crippen LogP contribution in [-0.4, -0.2) is 30.5 Å². The summed E-state index contributed by atoms with van der Waals surface area (Å²) in [4.78, 5) is 24.4. The van der Waals surface area contributed by atoms with Crippen molar-refractivity contribution in [3.63, 3.8) is 0 Å². The number of carbonyl (C=O) groups excluding carboxylic acids is 2. The number of ether oxygens (including phenoxy) is 1. The molecule has 3 atom stereocenters. The van der Waals surface area contributed by atoms with Crippen molar-refractivity contribution in [2.24, 2.45) is 5.92 Å². The Morgan fingerprint density at radius 2 is 2.00 bits per heavy atom. The van der Waals surface area contributed by atoms with Gasteiger partial charge in [-0.15, -0.1) is 6.42 Å². The molecule has 1 aliphatic heterocycles. The van der Waals surface area contributed by atoms with Crippen LogP contribution in [0.5, 0.6) is 0 Å². The van der Waals surface area contributed by atoms with Crippen LogP contribution in [0.2, 0.25) is 0 Å². The standard InChI is InChI=1S/C18H22N2O3/c1-4-10-19-17(21)14(11-12(2)3)20-18(22)16-15(23-16)13-8-6-5-7-9-13/h1,5-9,12,14-16H,10-11H2,2-3H3,(H,19,21)(H,20,22)/t14-,15?,16?/m0/s1. The molecule has 1 saturated heterocycles. The van der Waals surface area contributed by atoms with Crippen LogP contribution in [0.15, 0.2) is 30.3 Å². The summed E-state index contributed by atoms with van der Waals surface area (Å²) in [7, 11) is 0. The summed E-state index contributed by atoms with van der Waals surface area (Å²) in [6, 6.07) is 8.96. The first-order valence-corrected chi connectivity index (χ1v) is 7.75. The average Bonchev–Trinajstić information content (AvgIpc) is 3.33. The highest BCUT2D eigenvalue weighted by molar-refractivity contribution is 5.90. The van der Waals surface area contributed by atoms with Crippen molar-refractivity contribution in [2.45, 2.75) is 38.5 Å². The summed E-state index contributed by atoms with van der Waals surface area (Å²) in [5.41, 5.74) is 0.963. The predicted molar refractivity (Wildman–Crippen MR) is 87.3 cm³/mol. The molecule has 0 aliphatic carbocycles. The van der Waals surface area contributed by atoms with E-state index in [9.17, 15) is 9.59 Å². The highest BCUT2D eigenvalue weighted by Crippen LogP contribution is 2.38. The molecule has 2 rings (SSSR count). The second-order valence-electron chi connectivity index (χ2n) is 6.00. The minimum Gasteiger partial charge on any atom is -0.354 e. The summed E-state index contributed by atoms with van der Waals surface area (Å²) in [5.74, 6) is 2.09. The van der Waals surface area contributed by atoms with Crippen molar-refractivity contribution in [3.05, 3.63) is 35.9 Å². The number of epoxide rings is 1. The van der Waals surface area contributed by atoms with Crippen molar-refractivity contribution in [1.82, 2.24) is 10.6 Å². The number of carbonyl (C=O) groups is 2. The first kappa shape index (κ1) is 17.0. The molecule has 1 aromatic carbocycles. The lowest BCUT2D eigenvalue weighted by atomic mass is 10.0. The van der Waals surface area contributed by atoms with Crippen molar-refractivity contribution < 1.29 is 14.3 Å². The van der Waals surface area contributed by atoms with Gasteiger partial charge in [0, 0.05) is 0 Å². The number of benzene rings is 1. The first-order valence-electron chi connectivity index (χ1n) is 7.75. The number of nitrogens with one attached hydrogen (secondary N) is 2. The average molecular weight is 314 g/mol. The van der Waals surface area contributed by atoms with Crippen LogP contribution in [0.4, 0.5) is 0 Å². The first-order chi connectivity index (χ1) is 11.0. The second kappa shape index (κ2) is 7.80. The van der Waals surface area contributed by atoms with E-state index in [2.05, 4.69) is 16.6 Å². The minimum absolute atomic E-state index is 0.149. The molecule has 23 heavy (non-hydrogen) atoms. The third-order valence-electron chi connectivity index (χ3n) is 3.58. The summed E-state index contributed by atoms with van der Waals surface area (Å²) in [5, 5.41) is 5.39. The summed E-state index contributed by atoms with van der Waals surface area (Å²) < 4.78 is 5.46. The van der Waals surface area contributed by atoms with E-state index >= 15 is 0 Å². The Kier molecular flexibility index (Phi) is 5.78. The number of hydrogen-bond donors (Lipinski definition) is 2. The third-order valence-corrected chi connectivity index (χ3v) is 3.58. The smallest absolute Gasteiger partial charge is 0.252 e. The summed E-state index contributed by atoms with van der Waals surface area (Å²) in [6.07, 6.45) is 4.93. The molecule has 0 spiro atoms. The molecule has 0 aromatic heterocycles. The molecule has 2 amide bonds.